The van der Waals surface area contributed by atoms with Gasteiger partial charge in [-0.2, -0.15) is 4.98 Å². The second-order valence-electron chi connectivity index (χ2n) is 9.87. The quantitative estimate of drug-likeness (QED) is 0.435. The van der Waals surface area contributed by atoms with Crippen LogP contribution in [-0.4, -0.2) is 74.8 Å². The third-order valence-corrected chi connectivity index (χ3v) is 7.14. The number of fused-ring (bicyclic) bond motifs is 1. The third-order valence-electron chi connectivity index (χ3n) is 7.14. The molecule has 3 N–H and O–H groups in total. The Kier molecular flexibility index (Phi) is 7.20. The lowest BCUT2D eigenvalue weighted by Gasteiger charge is -2.34. The van der Waals surface area contributed by atoms with Gasteiger partial charge in [0, 0.05) is 82.0 Å². The summed E-state index contributed by atoms with van der Waals surface area (Å²) in [6.45, 7) is 5.99. The van der Waals surface area contributed by atoms with E-state index in [1.54, 1.807) is 7.11 Å². The van der Waals surface area contributed by atoms with Crippen molar-refractivity contribution in [2.24, 2.45) is 5.92 Å². The Hall–Kier alpha value is -3.10. The van der Waals surface area contributed by atoms with Crippen LogP contribution in [0.3, 0.4) is 0 Å². The number of nitrogens with one attached hydrogen (secondary N) is 3. The number of likely N-dealkylation sites (tertiary alicyclic amines) is 1. The summed E-state index contributed by atoms with van der Waals surface area (Å²) in [5.41, 5.74) is 3.45. The van der Waals surface area contributed by atoms with Crippen molar-refractivity contribution in [3.05, 3.63) is 48.0 Å². The Morgan fingerprint density at radius 2 is 1.86 bits per heavy atom. The normalized spacial score (nSPS) is 17.2. The van der Waals surface area contributed by atoms with Gasteiger partial charge in [0.25, 0.3) is 0 Å². The highest BCUT2D eigenvalue weighted by Gasteiger charge is 2.23. The van der Waals surface area contributed by atoms with Crippen LogP contribution in [0.15, 0.2) is 42.5 Å². The molecule has 2 aliphatic rings. The first-order valence-electron chi connectivity index (χ1n) is 12.6. The van der Waals surface area contributed by atoms with E-state index in [4.69, 9.17) is 14.7 Å². The number of methoxy groups -OCH3 is 1. The Morgan fingerprint density at radius 3 is 2.57 bits per heavy atom. The molecule has 0 amide bonds. The number of para-hydroxylation sites is 1. The third kappa shape index (κ3) is 5.44. The predicted octanol–water partition coefficient (Wildman–Crippen LogP) is 3.41. The van der Waals surface area contributed by atoms with Gasteiger partial charge >= 0.3 is 0 Å². The molecular weight excluding hydrogens is 438 g/mol. The Bertz CT molecular complexity index is 1140. The molecule has 0 spiro atoms. The van der Waals surface area contributed by atoms with Crippen molar-refractivity contribution < 1.29 is 4.74 Å². The maximum Gasteiger partial charge on any atom is 0.225 e. The van der Waals surface area contributed by atoms with Crippen molar-refractivity contribution in [3.8, 4) is 5.75 Å². The van der Waals surface area contributed by atoms with E-state index >= 15 is 0 Å². The molecule has 5 rings (SSSR count). The lowest BCUT2D eigenvalue weighted by molar-refractivity contribution is 0.209. The summed E-state index contributed by atoms with van der Waals surface area (Å²) >= 11 is 0. The SMILES string of the molecule is COc1cccc(N(C)C)c1CN1CCC(Nc2nc(NCC3CNC3)nc3ccccc23)CC1. The van der Waals surface area contributed by atoms with Crippen LogP contribution in [0.5, 0.6) is 5.75 Å². The molecule has 186 valence electrons. The van der Waals surface area contributed by atoms with Crippen LogP contribution in [-0.2, 0) is 6.54 Å². The lowest BCUT2D eigenvalue weighted by Crippen LogP contribution is -2.45. The first-order chi connectivity index (χ1) is 17.1. The number of rotatable bonds is 9. The van der Waals surface area contributed by atoms with Gasteiger partial charge in [0.15, 0.2) is 0 Å². The number of hydrogen-bond donors (Lipinski definition) is 3. The number of ether oxygens (including phenoxy) is 1. The van der Waals surface area contributed by atoms with Crippen LogP contribution in [0.1, 0.15) is 18.4 Å². The van der Waals surface area contributed by atoms with Crippen molar-refractivity contribution in [1.82, 2.24) is 20.2 Å². The molecule has 0 atom stereocenters. The molecule has 0 saturated carbocycles. The number of anilines is 3. The van der Waals surface area contributed by atoms with Gasteiger partial charge in [-0.15, -0.1) is 0 Å². The standard InChI is InChI=1S/C27H37N7O/c1-33(2)24-9-6-10-25(35-3)22(24)18-34-13-11-20(12-14-34)30-26-21-7-4-5-8-23(21)31-27(32-26)29-17-19-15-28-16-19/h4-10,19-20,28H,11-18H2,1-3H3,(H2,29,30,31,32). The Morgan fingerprint density at radius 1 is 1.06 bits per heavy atom. The van der Waals surface area contributed by atoms with Crippen LogP contribution < -0.4 is 25.6 Å². The summed E-state index contributed by atoms with van der Waals surface area (Å²) in [7, 11) is 5.94. The van der Waals surface area contributed by atoms with Crippen molar-refractivity contribution in [1.29, 1.82) is 0 Å². The smallest absolute Gasteiger partial charge is 0.225 e. The highest BCUT2D eigenvalue weighted by atomic mass is 16.5. The van der Waals surface area contributed by atoms with Gasteiger partial charge in [-0.1, -0.05) is 18.2 Å². The predicted molar refractivity (Wildman–Crippen MR) is 144 cm³/mol. The highest BCUT2D eigenvalue weighted by Crippen LogP contribution is 2.31. The van der Waals surface area contributed by atoms with Crippen LogP contribution >= 0.6 is 0 Å². The number of piperidine rings is 1. The molecule has 3 aromatic rings. The molecular formula is C27H37N7O. The molecule has 2 saturated heterocycles. The summed E-state index contributed by atoms with van der Waals surface area (Å²) in [6.07, 6.45) is 2.14. The largest absolute Gasteiger partial charge is 0.496 e. The summed E-state index contributed by atoms with van der Waals surface area (Å²) < 4.78 is 5.69. The van der Waals surface area contributed by atoms with Crippen LogP contribution in [0, 0.1) is 5.92 Å². The summed E-state index contributed by atoms with van der Waals surface area (Å²) in [4.78, 5) is 14.3. The van der Waals surface area contributed by atoms with Crippen molar-refractivity contribution in [2.75, 3.05) is 69.5 Å². The van der Waals surface area contributed by atoms with Gasteiger partial charge < -0.3 is 25.6 Å². The second kappa shape index (κ2) is 10.7. The molecule has 1 aromatic heterocycles. The van der Waals surface area contributed by atoms with E-state index in [-0.39, 0.29) is 0 Å². The van der Waals surface area contributed by atoms with E-state index in [2.05, 4.69) is 76.2 Å². The highest BCUT2D eigenvalue weighted by molar-refractivity contribution is 5.90. The molecule has 35 heavy (non-hydrogen) atoms. The molecule has 0 aliphatic carbocycles. The first kappa shape index (κ1) is 23.6. The Balaban J connectivity index is 1.25. The molecule has 8 heteroatoms. The van der Waals surface area contributed by atoms with Gasteiger partial charge in [0.1, 0.15) is 11.6 Å². The van der Waals surface area contributed by atoms with E-state index in [0.717, 1.165) is 74.6 Å². The fourth-order valence-electron chi connectivity index (χ4n) is 4.97. The fourth-order valence-corrected chi connectivity index (χ4v) is 4.97. The van der Waals surface area contributed by atoms with Crippen LogP contribution in [0.4, 0.5) is 17.5 Å². The molecule has 0 radical (unpaired) electrons. The Labute approximate surface area is 208 Å². The van der Waals surface area contributed by atoms with E-state index in [9.17, 15) is 0 Å². The number of hydrogen-bond acceptors (Lipinski definition) is 8. The van der Waals surface area contributed by atoms with E-state index in [1.807, 2.05) is 6.07 Å². The summed E-state index contributed by atoms with van der Waals surface area (Å²) in [5, 5.41) is 11.6. The maximum atomic E-state index is 5.69. The summed E-state index contributed by atoms with van der Waals surface area (Å²) in [5.74, 6) is 3.26. The van der Waals surface area contributed by atoms with Gasteiger partial charge in [-0.25, -0.2) is 4.98 Å². The molecule has 8 nitrogen and oxygen atoms in total. The van der Waals surface area contributed by atoms with Crippen molar-refractivity contribution >= 4 is 28.4 Å². The minimum atomic E-state index is 0.388. The average molecular weight is 476 g/mol. The fraction of sp³-hybridized carbons (Fsp3) is 0.481. The monoisotopic (exact) mass is 475 g/mol. The van der Waals surface area contributed by atoms with Gasteiger partial charge in [-0.05, 0) is 37.1 Å². The number of aromatic nitrogens is 2. The molecule has 0 bridgehead atoms. The number of benzene rings is 2. The van der Waals surface area contributed by atoms with E-state index in [1.165, 1.54) is 11.3 Å². The first-order valence-corrected chi connectivity index (χ1v) is 12.6. The molecule has 3 heterocycles. The average Bonchev–Trinajstić information content (AvgIpc) is 2.84. The number of nitrogens with zero attached hydrogens (tertiary/aromatic N) is 4. The van der Waals surface area contributed by atoms with E-state index in [0.29, 0.717) is 17.9 Å². The minimum Gasteiger partial charge on any atom is -0.496 e. The minimum absolute atomic E-state index is 0.388. The molecule has 0 unspecified atom stereocenters. The second-order valence-corrected chi connectivity index (χ2v) is 9.87. The van der Waals surface area contributed by atoms with Crippen molar-refractivity contribution in [3.63, 3.8) is 0 Å². The zero-order valence-electron chi connectivity index (χ0n) is 21.1. The van der Waals surface area contributed by atoms with Gasteiger partial charge in [0.2, 0.25) is 5.95 Å². The molecule has 2 aromatic carbocycles. The zero-order valence-corrected chi connectivity index (χ0v) is 21.1. The maximum absolute atomic E-state index is 5.69. The van der Waals surface area contributed by atoms with Gasteiger partial charge in [0.05, 0.1) is 12.6 Å². The zero-order chi connectivity index (χ0) is 24.2. The van der Waals surface area contributed by atoms with Crippen molar-refractivity contribution in [2.45, 2.75) is 25.4 Å². The molecule has 2 aliphatic heterocycles. The van der Waals surface area contributed by atoms with Crippen LogP contribution in [0.2, 0.25) is 0 Å². The molecule has 2 fully saturated rings. The van der Waals surface area contributed by atoms with Gasteiger partial charge in [-0.3, -0.25) is 4.90 Å². The lowest BCUT2D eigenvalue weighted by atomic mass is 10.0. The summed E-state index contributed by atoms with van der Waals surface area (Å²) in [6, 6.07) is 14.9. The van der Waals surface area contributed by atoms with E-state index < -0.39 is 0 Å². The van der Waals surface area contributed by atoms with Crippen LogP contribution in [0.25, 0.3) is 10.9 Å². The topological polar surface area (TPSA) is 77.6 Å².